The Morgan fingerprint density at radius 2 is 1.97 bits per heavy atom. The summed E-state index contributed by atoms with van der Waals surface area (Å²) in [5.74, 6) is 0.250. The highest BCUT2D eigenvalue weighted by Gasteiger charge is 2.19. The molecule has 1 aromatic heterocycles. The van der Waals surface area contributed by atoms with Crippen LogP contribution in [-0.4, -0.2) is 59.4 Å². The van der Waals surface area contributed by atoms with Crippen molar-refractivity contribution in [3.05, 3.63) is 47.3 Å². The number of carbonyl (C=O) groups excluding carboxylic acids is 2. The smallest absolute Gasteiger partial charge is 0.254 e. The van der Waals surface area contributed by atoms with E-state index in [0.717, 1.165) is 24.3 Å². The lowest BCUT2D eigenvalue weighted by Gasteiger charge is -2.16. The van der Waals surface area contributed by atoms with Crippen molar-refractivity contribution in [1.82, 2.24) is 25.5 Å². The van der Waals surface area contributed by atoms with Gasteiger partial charge in [0.1, 0.15) is 0 Å². The molecule has 0 bridgehead atoms. The molecule has 1 fully saturated rings. The zero-order valence-electron chi connectivity index (χ0n) is 16.4. The lowest BCUT2D eigenvalue weighted by atomic mass is 10.1. The number of nitrogens with zero attached hydrogens (tertiary/aromatic N) is 3. The van der Waals surface area contributed by atoms with Crippen molar-refractivity contribution < 1.29 is 9.59 Å². The van der Waals surface area contributed by atoms with Crippen LogP contribution >= 0.6 is 0 Å². The SMILES string of the molecule is O=C(NCCCN1CCCC1)c1ccc(Nc2ncc3c(n2)CCNC3=O)cc1. The number of carbonyl (C=O) groups is 2. The Balaban J connectivity index is 1.28. The topological polar surface area (TPSA) is 99.2 Å². The molecule has 3 heterocycles. The molecule has 2 aromatic rings. The Morgan fingerprint density at radius 1 is 1.17 bits per heavy atom. The van der Waals surface area contributed by atoms with Crippen molar-refractivity contribution in [2.45, 2.75) is 25.7 Å². The van der Waals surface area contributed by atoms with Crippen molar-refractivity contribution >= 4 is 23.5 Å². The van der Waals surface area contributed by atoms with E-state index >= 15 is 0 Å². The van der Waals surface area contributed by atoms with Gasteiger partial charge in [-0.2, -0.15) is 0 Å². The quantitative estimate of drug-likeness (QED) is 0.619. The van der Waals surface area contributed by atoms with Gasteiger partial charge in [-0.05, 0) is 63.2 Å². The van der Waals surface area contributed by atoms with Gasteiger partial charge in [-0.15, -0.1) is 0 Å². The molecule has 0 spiro atoms. The van der Waals surface area contributed by atoms with E-state index in [1.54, 1.807) is 18.3 Å². The summed E-state index contributed by atoms with van der Waals surface area (Å²) >= 11 is 0. The maximum atomic E-state index is 12.3. The van der Waals surface area contributed by atoms with E-state index in [0.29, 0.717) is 36.6 Å². The van der Waals surface area contributed by atoms with Gasteiger partial charge in [0.2, 0.25) is 5.95 Å². The third-order valence-electron chi connectivity index (χ3n) is 5.30. The number of anilines is 2. The average Bonchev–Trinajstić information content (AvgIpc) is 3.25. The third-order valence-corrected chi connectivity index (χ3v) is 5.30. The van der Waals surface area contributed by atoms with Gasteiger partial charge in [-0.1, -0.05) is 0 Å². The first-order valence-corrected chi connectivity index (χ1v) is 10.2. The van der Waals surface area contributed by atoms with E-state index in [-0.39, 0.29) is 11.8 Å². The van der Waals surface area contributed by atoms with E-state index in [9.17, 15) is 9.59 Å². The Morgan fingerprint density at radius 3 is 2.76 bits per heavy atom. The Labute approximate surface area is 170 Å². The van der Waals surface area contributed by atoms with Crippen LogP contribution in [0.15, 0.2) is 30.5 Å². The molecule has 152 valence electrons. The van der Waals surface area contributed by atoms with Gasteiger partial charge in [0.05, 0.1) is 11.3 Å². The standard InChI is InChI=1S/C21H26N6O2/c28-19(22-9-3-13-27-11-1-2-12-27)15-4-6-16(7-5-15)25-21-24-14-17-18(26-21)8-10-23-20(17)29/h4-7,14H,1-3,8-13H2,(H,22,28)(H,23,29)(H,24,25,26). The minimum atomic E-state index is -0.131. The van der Waals surface area contributed by atoms with Crippen LogP contribution in [0.4, 0.5) is 11.6 Å². The average molecular weight is 394 g/mol. The number of benzene rings is 1. The molecule has 1 aromatic carbocycles. The number of aromatic nitrogens is 2. The number of rotatable bonds is 7. The Hall–Kier alpha value is -3.00. The van der Waals surface area contributed by atoms with Crippen LogP contribution in [0.1, 0.15) is 45.7 Å². The number of nitrogens with one attached hydrogen (secondary N) is 3. The number of amides is 2. The molecule has 0 aliphatic carbocycles. The van der Waals surface area contributed by atoms with Crippen molar-refractivity contribution in [1.29, 1.82) is 0 Å². The molecule has 8 heteroatoms. The molecule has 4 rings (SSSR count). The zero-order valence-corrected chi connectivity index (χ0v) is 16.4. The molecule has 2 amide bonds. The van der Waals surface area contributed by atoms with Gasteiger partial charge >= 0.3 is 0 Å². The molecule has 0 saturated carbocycles. The summed E-state index contributed by atoms with van der Waals surface area (Å²) in [6.07, 6.45) is 5.79. The van der Waals surface area contributed by atoms with Gasteiger partial charge < -0.3 is 20.9 Å². The van der Waals surface area contributed by atoms with Crippen molar-refractivity contribution in [2.75, 3.05) is 38.0 Å². The largest absolute Gasteiger partial charge is 0.352 e. The van der Waals surface area contributed by atoms with Gasteiger partial charge in [0.25, 0.3) is 11.8 Å². The van der Waals surface area contributed by atoms with Gasteiger partial charge in [-0.25, -0.2) is 9.97 Å². The highest BCUT2D eigenvalue weighted by Crippen LogP contribution is 2.17. The zero-order chi connectivity index (χ0) is 20.1. The Bertz CT molecular complexity index is 877. The molecule has 2 aliphatic heterocycles. The second-order valence-corrected chi connectivity index (χ2v) is 7.42. The monoisotopic (exact) mass is 394 g/mol. The third kappa shape index (κ3) is 4.89. The fourth-order valence-electron chi connectivity index (χ4n) is 3.69. The summed E-state index contributed by atoms with van der Waals surface area (Å²) in [6.45, 7) is 4.69. The number of likely N-dealkylation sites (tertiary alicyclic amines) is 1. The molecule has 0 radical (unpaired) electrons. The summed E-state index contributed by atoms with van der Waals surface area (Å²) in [5.41, 5.74) is 2.69. The van der Waals surface area contributed by atoms with Crippen LogP contribution < -0.4 is 16.0 Å². The summed E-state index contributed by atoms with van der Waals surface area (Å²) < 4.78 is 0. The van der Waals surface area contributed by atoms with Crippen LogP contribution in [-0.2, 0) is 6.42 Å². The molecular weight excluding hydrogens is 368 g/mol. The highest BCUT2D eigenvalue weighted by molar-refractivity contribution is 5.96. The van der Waals surface area contributed by atoms with E-state index in [1.807, 2.05) is 12.1 Å². The fourth-order valence-corrected chi connectivity index (χ4v) is 3.69. The maximum Gasteiger partial charge on any atom is 0.254 e. The molecule has 29 heavy (non-hydrogen) atoms. The normalized spacial score (nSPS) is 16.2. The first-order chi connectivity index (χ1) is 14.2. The van der Waals surface area contributed by atoms with Crippen LogP contribution in [0, 0.1) is 0 Å². The number of fused-ring (bicyclic) bond motifs is 1. The second-order valence-electron chi connectivity index (χ2n) is 7.42. The van der Waals surface area contributed by atoms with Crippen LogP contribution in [0.3, 0.4) is 0 Å². The van der Waals surface area contributed by atoms with Crippen molar-refractivity contribution in [3.8, 4) is 0 Å². The van der Waals surface area contributed by atoms with Crippen molar-refractivity contribution in [2.24, 2.45) is 0 Å². The van der Waals surface area contributed by atoms with Gasteiger partial charge in [0, 0.05) is 37.0 Å². The van der Waals surface area contributed by atoms with Crippen molar-refractivity contribution in [3.63, 3.8) is 0 Å². The van der Waals surface area contributed by atoms with E-state index in [4.69, 9.17) is 0 Å². The number of hydrogen-bond acceptors (Lipinski definition) is 6. The first kappa shape index (κ1) is 19.3. The number of hydrogen-bond donors (Lipinski definition) is 3. The van der Waals surface area contributed by atoms with Gasteiger partial charge in [-0.3, -0.25) is 9.59 Å². The second kappa shape index (κ2) is 9.00. The lowest BCUT2D eigenvalue weighted by molar-refractivity contribution is 0.0939. The van der Waals surface area contributed by atoms with Crippen LogP contribution in [0.5, 0.6) is 0 Å². The summed E-state index contributed by atoms with van der Waals surface area (Å²) in [6, 6.07) is 7.22. The lowest BCUT2D eigenvalue weighted by Crippen LogP contribution is -2.32. The molecule has 3 N–H and O–H groups in total. The molecule has 1 saturated heterocycles. The van der Waals surface area contributed by atoms with E-state index in [1.165, 1.54) is 25.9 Å². The fraction of sp³-hybridized carbons (Fsp3) is 0.429. The molecule has 2 aliphatic rings. The van der Waals surface area contributed by atoms with Crippen LogP contribution in [0.25, 0.3) is 0 Å². The minimum absolute atomic E-state index is 0.0611. The predicted molar refractivity (Wildman–Crippen MR) is 110 cm³/mol. The maximum absolute atomic E-state index is 12.3. The minimum Gasteiger partial charge on any atom is -0.352 e. The van der Waals surface area contributed by atoms with E-state index < -0.39 is 0 Å². The highest BCUT2D eigenvalue weighted by atomic mass is 16.2. The summed E-state index contributed by atoms with van der Waals surface area (Å²) in [5, 5.41) is 8.89. The molecular formula is C21H26N6O2. The summed E-state index contributed by atoms with van der Waals surface area (Å²) in [4.78, 5) is 35.2. The van der Waals surface area contributed by atoms with Crippen LogP contribution in [0.2, 0.25) is 0 Å². The first-order valence-electron chi connectivity index (χ1n) is 10.2. The Kier molecular flexibility index (Phi) is 6.00. The molecule has 0 unspecified atom stereocenters. The molecule has 8 nitrogen and oxygen atoms in total. The summed E-state index contributed by atoms with van der Waals surface area (Å²) in [7, 11) is 0. The predicted octanol–water partition coefficient (Wildman–Crippen LogP) is 1.72. The molecule has 0 atom stereocenters. The van der Waals surface area contributed by atoms with Gasteiger partial charge in [0.15, 0.2) is 0 Å². The van der Waals surface area contributed by atoms with E-state index in [2.05, 4.69) is 30.8 Å².